The molecule has 0 aliphatic carbocycles. The molecule has 0 saturated carbocycles. The minimum absolute atomic E-state index is 0.131. The van der Waals surface area contributed by atoms with Crippen LogP contribution in [0.2, 0.25) is 0 Å². The Kier molecular flexibility index (Phi) is 31.6. The second kappa shape index (κ2) is 32.4. The zero-order chi connectivity index (χ0) is 34.1. The van der Waals surface area contributed by atoms with Crippen LogP contribution in [0, 0.1) is 11.8 Å². The van der Waals surface area contributed by atoms with E-state index in [9.17, 15) is 19.8 Å². The molecule has 0 aromatic heterocycles. The van der Waals surface area contributed by atoms with Crippen LogP contribution >= 0.6 is 0 Å². The van der Waals surface area contributed by atoms with Crippen LogP contribution in [0.15, 0.2) is 0 Å². The number of unbranched alkanes of at least 4 members (excludes halogenated alkanes) is 24. The molecular formula is C40H78O6. The first-order valence-electron chi connectivity index (χ1n) is 19.9. The highest BCUT2D eigenvalue weighted by Gasteiger charge is 2.38. The standard InChI is InChI=1S/C40H78O6/c1-36(2)31-27-23-19-15-11-7-5-9-13-17-21-25-29-33-45-38(41)35-40(43,44)39(42)46-34-30-26-22-18-14-10-6-8-12-16-20-24-28-32-37(3)4/h36-37,43-44H,5-35H2,1-4H3. The third kappa shape index (κ3) is 32.8. The van der Waals surface area contributed by atoms with E-state index in [1.807, 2.05) is 0 Å². The minimum Gasteiger partial charge on any atom is -0.466 e. The van der Waals surface area contributed by atoms with Gasteiger partial charge in [-0.2, -0.15) is 0 Å². The zero-order valence-electron chi connectivity index (χ0n) is 31.1. The monoisotopic (exact) mass is 655 g/mol. The van der Waals surface area contributed by atoms with Gasteiger partial charge in [-0.25, -0.2) is 4.79 Å². The quantitative estimate of drug-likeness (QED) is 0.0401. The van der Waals surface area contributed by atoms with Crippen molar-refractivity contribution in [1.82, 2.24) is 0 Å². The molecule has 0 rings (SSSR count). The Bertz CT molecular complexity index is 675. The van der Waals surface area contributed by atoms with Crippen LogP contribution < -0.4 is 0 Å². The number of aliphatic hydroxyl groups is 2. The molecule has 0 unspecified atom stereocenters. The fourth-order valence-electron chi connectivity index (χ4n) is 5.99. The highest BCUT2D eigenvalue weighted by Crippen LogP contribution is 2.17. The molecule has 6 heteroatoms. The maximum Gasteiger partial charge on any atom is 0.367 e. The molecule has 0 amide bonds. The maximum atomic E-state index is 12.1. The number of carbonyl (C=O) groups is 2. The van der Waals surface area contributed by atoms with E-state index in [-0.39, 0.29) is 13.2 Å². The van der Waals surface area contributed by atoms with Crippen molar-refractivity contribution < 1.29 is 29.3 Å². The fraction of sp³-hybridized carbons (Fsp3) is 0.950. The summed E-state index contributed by atoms with van der Waals surface area (Å²) in [6.07, 6.45) is 34.1. The molecule has 0 aromatic carbocycles. The van der Waals surface area contributed by atoms with Gasteiger partial charge in [0, 0.05) is 0 Å². The van der Waals surface area contributed by atoms with E-state index in [2.05, 4.69) is 27.7 Å². The van der Waals surface area contributed by atoms with Crippen molar-refractivity contribution in [2.45, 2.75) is 220 Å². The average molecular weight is 655 g/mol. The van der Waals surface area contributed by atoms with E-state index in [0.29, 0.717) is 6.42 Å². The van der Waals surface area contributed by atoms with E-state index in [0.717, 1.165) is 43.9 Å². The van der Waals surface area contributed by atoms with Gasteiger partial charge >= 0.3 is 11.9 Å². The van der Waals surface area contributed by atoms with E-state index in [1.54, 1.807) is 0 Å². The number of hydrogen-bond acceptors (Lipinski definition) is 6. The lowest BCUT2D eigenvalue weighted by molar-refractivity contribution is -0.215. The number of hydrogen-bond donors (Lipinski definition) is 2. The largest absolute Gasteiger partial charge is 0.466 e. The second-order valence-electron chi connectivity index (χ2n) is 14.9. The van der Waals surface area contributed by atoms with Crippen LogP contribution in [0.1, 0.15) is 214 Å². The third-order valence-electron chi connectivity index (χ3n) is 9.07. The molecule has 0 spiro atoms. The molecule has 0 heterocycles. The van der Waals surface area contributed by atoms with Crippen molar-refractivity contribution in [1.29, 1.82) is 0 Å². The second-order valence-corrected chi connectivity index (χ2v) is 14.9. The Balaban J connectivity index is 3.52. The van der Waals surface area contributed by atoms with Crippen LogP contribution in [-0.4, -0.2) is 41.2 Å². The van der Waals surface area contributed by atoms with Gasteiger partial charge in [-0.1, -0.05) is 195 Å². The zero-order valence-corrected chi connectivity index (χ0v) is 31.1. The van der Waals surface area contributed by atoms with E-state index in [4.69, 9.17) is 9.47 Å². The van der Waals surface area contributed by atoms with Crippen LogP contribution in [0.3, 0.4) is 0 Å². The Labute approximate surface area is 285 Å². The number of rotatable bonds is 35. The third-order valence-corrected chi connectivity index (χ3v) is 9.07. The summed E-state index contributed by atoms with van der Waals surface area (Å²) in [6, 6.07) is 0. The molecule has 0 aliphatic rings. The van der Waals surface area contributed by atoms with Crippen LogP contribution in [0.25, 0.3) is 0 Å². The topological polar surface area (TPSA) is 93.1 Å². The molecule has 0 aromatic rings. The summed E-state index contributed by atoms with van der Waals surface area (Å²) in [7, 11) is 0. The van der Waals surface area contributed by atoms with Gasteiger partial charge in [0.2, 0.25) is 0 Å². The van der Waals surface area contributed by atoms with Gasteiger partial charge in [0.15, 0.2) is 0 Å². The lowest BCUT2D eigenvalue weighted by atomic mass is 10.0. The molecule has 0 radical (unpaired) electrons. The van der Waals surface area contributed by atoms with E-state index < -0.39 is 24.1 Å². The summed E-state index contributed by atoms with van der Waals surface area (Å²) >= 11 is 0. The van der Waals surface area contributed by atoms with E-state index in [1.165, 1.54) is 141 Å². The van der Waals surface area contributed by atoms with Crippen LogP contribution in [0.4, 0.5) is 0 Å². The Morgan fingerprint density at radius 1 is 0.435 bits per heavy atom. The molecule has 0 bridgehead atoms. The fourth-order valence-corrected chi connectivity index (χ4v) is 5.99. The molecule has 0 saturated heterocycles. The summed E-state index contributed by atoms with van der Waals surface area (Å²) < 4.78 is 10.1. The maximum absolute atomic E-state index is 12.1. The van der Waals surface area contributed by atoms with Crippen molar-refractivity contribution >= 4 is 11.9 Å². The van der Waals surface area contributed by atoms with Gasteiger partial charge in [0.25, 0.3) is 5.79 Å². The van der Waals surface area contributed by atoms with Gasteiger partial charge in [-0.05, 0) is 24.7 Å². The van der Waals surface area contributed by atoms with Gasteiger partial charge in [-0.3, -0.25) is 4.79 Å². The number of ether oxygens (including phenoxy) is 2. The van der Waals surface area contributed by atoms with E-state index >= 15 is 0 Å². The van der Waals surface area contributed by atoms with Crippen molar-refractivity contribution in [3.63, 3.8) is 0 Å². The average Bonchev–Trinajstić information content (AvgIpc) is 2.99. The van der Waals surface area contributed by atoms with Crippen molar-refractivity contribution in [3.05, 3.63) is 0 Å². The Morgan fingerprint density at radius 2 is 0.696 bits per heavy atom. The van der Waals surface area contributed by atoms with Gasteiger partial charge in [0.1, 0.15) is 6.42 Å². The smallest absolute Gasteiger partial charge is 0.367 e. The predicted molar refractivity (Wildman–Crippen MR) is 193 cm³/mol. The molecule has 0 atom stereocenters. The Morgan fingerprint density at radius 3 is 1.00 bits per heavy atom. The summed E-state index contributed by atoms with van der Waals surface area (Å²) in [4.78, 5) is 24.1. The van der Waals surface area contributed by atoms with Crippen molar-refractivity contribution in [3.8, 4) is 0 Å². The molecule has 0 aliphatic heterocycles. The predicted octanol–water partition coefficient (Wildman–Crippen LogP) is 11.4. The van der Waals surface area contributed by atoms with Gasteiger partial charge in [-0.15, -0.1) is 0 Å². The first-order valence-corrected chi connectivity index (χ1v) is 19.9. The van der Waals surface area contributed by atoms with Crippen molar-refractivity contribution in [2.75, 3.05) is 13.2 Å². The molecular weight excluding hydrogens is 576 g/mol. The molecule has 274 valence electrons. The molecule has 2 N–H and O–H groups in total. The summed E-state index contributed by atoms with van der Waals surface area (Å²) in [5.74, 6) is -3.13. The summed E-state index contributed by atoms with van der Waals surface area (Å²) in [6.45, 7) is 9.58. The Hall–Kier alpha value is -1.14. The van der Waals surface area contributed by atoms with Crippen LogP contribution in [0.5, 0.6) is 0 Å². The first kappa shape index (κ1) is 44.9. The van der Waals surface area contributed by atoms with Crippen molar-refractivity contribution in [2.24, 2.45) is 11.8 Å². The molecule has 0 fully saturated rings. The lowest BCUT2D eigenvalue weighted by Crippen LogP contribution is -2.42. The van der Waals surface area contributed by atoms with Crippen LogP contribution in [-0.2, 0) is 19.1 Å². The highest BCUT2D eigenvalue weighted by atomic mass is 16.6. The molecule has 6 nitrogen and oxygen atoms in total. The number of esters is 2. The lowest BCUT2D eigenvalue weighted by Gasteiger charge is -2.19. The summed E-state index contributed by atoms with van der Waals surface area (Å²) in [5, 5.41) is 20.0. The number of carbonyl (C=O) groups excluding carboxylic acids is 2. The van der Waals surface area contributed by atoms with Gasteiger partial charge < -0.3 is 19.7 Å². The minimum atomic E-state index is -2.83. The summed E-state index contributed by atoms with van der Waals surface area (Å²) in [5.41, 5.74) is 0. The first-order chi connectivity index (χ1) is 22.1. The molecule has 46 heavy (non-hydrogen) atoms. The normalized spacial score (nSPS) is 11.9. The SMILES string of the molecule is CC(C)CCCCCCCCCCCCCCCOC(=O)CC(O)(O)C(=O)OCCCCCCCCCCCCCCCC(C)C. The van der Waals surface area contributed by atoms with Gasteiger partial charge in [0.05, 0.1) is 13.2 Å². The highest BCUT2D eigenvalue weighted by molar-refractivity contribution is 5.83.